The van der Waals surface area contributed by atoms with E-state index in [-0.39, 0.29) is 0 Å². The van der Waals surface area contributed by atoms with Crippen molar-refractivity contribution in [3.8, 4) is 0 Å². The van der Waals surface area contributed by atoms with Gasteiger partial charge in [-0.3, -0.25) is 0 Å². The Hall–Kier alpha value is -1.34. The average Bonchev–Trinajstić information content (AvgIpc) is 2.48. The molecule has 17 heavy (non-hydrogen) atoms. The van der Waals surface area contributed by atoms with Crippen molar-refractivity contribution in [1.82, 2.24) is 0 Å². The predicted octanol–water partition coefficient (Wildman–Crippen LogP) is 5.03. The normalized spacial score (nSPS) is 13.1. The summed E-state index contributed by atoms with van der Waals surface area (Å²) in [5.74, 6) is 0. The van der Waals surface area contributed by atoms with Crippen LogP contribution < -0.4 is 0 Å². The van der Waals surface area contributed by atoms with E-state index in [1.165, 1.54) is 26.5 Å². The molecule has 0 fully saturated rings. The molecular formula is C16H18S. The van der Waals surface area contributed by atoms with Crippen molar-refractivity contribution in [3.05, 3.63) is 57.3 Å². The zero-order chi connectivity index (χ0) is 12.3. The molecule has 0 saturated heterocycles. The first-order chi connectivity index (χ1) is 8.22. The van der Waals surface area contributed by atoms with Crippen molar-refractivity contribution < 1.29 is 0 Å². The van der Waals surface area contributed by atoms with Gasteiger partial charge in [0.25, 0.3) is 0 Å². The number of allylic oxidation sites excluding steroid dienone is 5. The van der Waals surface area contributed by atoms with Crippen LogP contribution in [-0.2, 0) is 12.8 Å². The minimum Gasteiger partial charge on any atom is -0.140 e. The largest absolute Gasteiger partial charge is 0.140 e. The van der Waals surface area contributed by atoms with Gasteiger partial charge in [-0.2, -0.15) is 0 Å². The lowest BCUT2D eigenvalue weighted by molar-refractivity contribution is 1.25. The SMILES string of the molecule is C=CCc1c(C=C(C)C)sc2c1C=CC=CC2. The molecule has 0 radical (unpaired) electrons. The number of hydrogen-bond donors (Lipinski definition) is 0. The zero-order valence-corrected chi connectivity index (χ0v) is 11.3. The van der Waals surface area contributed by atoms with Crippen LogP contribution in [0.4, 0.5) is 0 Å². The molecule has 1 aliphatic carbocycles. The zero-order valence-electron chi connectivity index (χ0n) is 10.5. The Bertz CT molecular complexity index is 506. The van der Waals surface area contributed by atoms with E-state index in [1.807, 2.05) is 17.4 Å². The van der Waals surface area contributed by atoms with Gasteiger partial charge in [0, 0.05) is 16.2 Å². The number of fused-ring (bicyclic) bond motifs is 1. The van der Waals surface area contributed by atoms with E-state index in [0.717, 1.165) is 12.8 Å². The first-order valence-corrected chi connectivity index (χ1v) is 6.77. The van der Waals surface area contributed by atoms with Crippen LogP contribution in [0.5, 0.6) is 0 Å². The highest BCUT2D eigenvalue weighted by molar-refractivity contribution is 7.13. The molecule has 0 bridgehead atoms. The summed E-state index contributed by atoms with van der Waals surface area (Å²) in [4.78, 5) is 2.87. The van der Waals surface area contributed by atoms with Gasteiger partial charge in [0.15, 0.2) is 0 Å². The van der Waals surface area contributed by atoms with E-state index in [1.54, 1.807) is 0 Å². The van der Waals surface area contributed by atoms with Gasteiger partial charge in [-0.1, -0.05) is 36.0 Å². The van der Waals surface area contributed by atoms with E-state index < -0.39 is 0 Å². The van der Waals surface area contributed by atoms with Gasteiger partial charge < -0.3 is 0 Å². The second-order valence-electron chi connectivity index (χ2n) is 4.49. The fourth-order valence-corrected chi connectivity index (χ4v) is 3.39. The Morgan fingerprint density at radius 1 is 1.41 bits per heavy atom. The van der Waals surface area contributed by atoms with Crippen LogP contribution in [0.1, 0.15) is 34.7 Å². The number of rotatable bonds is 3. The summed E-state index contributed by atoms with van der Waals surface area (Å²) in [5.41, 5.74) is 4.19. The lowest BCUT2D eigenvalue weighted by Crippen LogP contribution is -1.86. The Labute approximate surface area is 108 Å². The van der Waals surface area contributed by atoms with Crippen molar-refractivity contribution in [2.45, 2.75) is 26.7 Å². The summed E-state index contributed by atoms with van der Waals surface area (Å²) < 4.78 is 0. The van der Waals surface area contributed by atoms with Gasteiger partial charge in [0.05, 0.1) is 0 Å². The second kappa shape index (κ2) is 5.33. The lowest BCUT2D eigenvalue weighted by atomic mass is 10.0. The van der Waals surface area contributed by atoms with E-state index in [9.17, 15) is 0 Å². The van der Waals surface area contributed by atoms with Crippen molar-refractivity contribution in [2.75, 3.05) is 0 Å². The van der Waals surface area contributed by atoms with Gasteiger partial charge in [-0.15, -0.1) is 17.9 Å². The van der Waals surface area contributed by atoms with Crippen LogP contribution >= 0.6 is 11.3 Å². The topological polar surface area (TPSA) is 0 Å². The third-order valence-electron chi connectivity index (χ3n) is 2.74. The van der Waals surface area contributed by atoms with Crippen LogP contribution in [0, 0.1) is 0 Å². The van der Waals surface area contributed by atoms with Crippen molar-refractivity contribution >= 4 is 23.5 Å². The lowest BCUT2D eigenvalue weighted by Gasteiger charge is -2.00. The maximum Gasteiger partial charge on any atom is 0.0314 e. The second-order valence-corrected chi connectivity index (χ2v) is 5.62. The summed E-state index contributed by atoms with van der Waals surface area (Å²) in [6.07, 6.45) is 15.0. The molecule has 1 aliphatic rings. The molecule has 1 heterocycles. The van der Waals surface area contributed by atoms with Crippen LogP contribution in [0.25, 0.3) is 12.2 Å². The Morgan fingerprint density at radius 3 is 2.94 bits per heavy atom. The summed E-state index contributed by atoms with van der Waals surface area (Å²) in [5, 5.41) is 0. The maximum absolute atomic E-state index is 3.87. The molecule has 0 atom stereocenters. The van der Waals surface area contributed by atoms with Gasteiger partial charge in [-0.05, 0) is 37.5 Å². The molecule has 0 N–H and O–H groups in total. The molecule has 2 rings (SSSR count). The predicted molar refractivity (Wildman–Crippen MR) is 79.4 cm³/mol. The minimum absolute atomic E-state index is 0.954. The van der Waals surface area contributed by atoms with Crippen LogP contribution in [0.2, 0.25) is 0 Å². The van der Waals surface area contributed by atoms with Crippen molar-refractivity contribution in [3.63, 3.8) is 0 Å². The molecule has 0 saturated carbocycles. The highest BCUT2D eigenvalue weighted by Gasteiger charge is 2.13. The van der Waals surface area contributed by atoms with Gasteiger partial charge in [0.2, 0.25) is 0 Å². The molecular weight excluding hydrogens is 224 g/mol. The maximum atomic E-state index is 3.87. The Kier molecular flexibility index (Phi) is 3.80. The molecule has 0 unspecified atom stereocenters. The Balaban J connectivity index is 2.54. The third-order valence-corrected chi connectivity index (χ3v) is 3.95. The van der Waals surface area contributed by atoms with Crippen LogP contribution in [0.15, 0.2) is 36.5 Å². The molecule has 0 aliphatic heterocycles. The standard InChI is InChI=1S/C16H18S/c1-4-8-13-14-9-6-5-7-10-15(14)17-16(13)11-12(2)3/h4-7,9,11H,1,8,10H2,2-3H3. The Morgan fingerprint density at radius 2 is 2.24 bits per heavy atom. The molecule has 0 spiro atoms. The highest BCUT2D eigenvalue weighted by Crippen LogP contribution is 2.34. The van der Waals surface area contributed by atoms with E-state index in [0.29, 0.717) is 0 Å². The number of thiophene rings is 1. The van der Waals surface area contributed by atoms with E-state index in [2.05, 4.69) is 50.8 Å². The van der Waals surface area contributed by atoms with Crippen LogP contribution in [0.3, 0.4) is 0 Å². The quantitative estimate of drug-likeness (QED) is 0.652. The van der Waals surface area contributed by atoms with E-state index >= 15 is 0 Å². The molecule has 0 amide bonds. The van der Waals surface area contributed by atoms with Gasteiger partial charge in [0.1, 0.15) is 0 Å². The first-order valence-electron chi connectivity index (χ1n) is 5.96. The smallest absolute Gasteiger partial charge is 0.0314 e. The highest BCUT2D eigenvalue weighted by atomic mass is 32.1. The van der Waals surface area contributed by atoms with Crippen molar-refractivity contribution in [1.29, 1.82) is 0 Å². The fourth-order valence-electron chi connectivity index (χ4n) is 2.03. The summed E-state index contributed by atoms with van der Waals surface area (Å²) >= 11 is 1.92. The summed E-state index contributed by atoms with van der Waals surface area (Å²) in [7, 11) is 0. The molecule has 0 nitrogen and oxygen atoms in total. The van der Waals surface area contributed by atoms with E-state index in [4.69, 9.17) is 0 Å². The van der Waals surface area contributed by atoms with Crippen molar-refractivity contribution in [2.24, 2.45) is 0 Å². The van der Waals surface area contributed by atoms with Gasteiger partial charge in [-0.25, -0.2) is 0 Å². The molecule has 1 heteroatoms. The average molecular weight is 242 g/mol. The summed E-state index contributed by atoms with van der Waals surface area (Å²) in [6.45, 7) is 8.17. The molecule has 1 aromatic heterocycles. The van der Waals surface area contributed by atoms with Gasteiger partial charge >= 0.3 is 0 Å². The minimum atomic E-state index is 0.954. The molecule has 1 aromatic rings. The third kappa shape index (κ3) is 2.67. The summed E-state index contributed by atoms with van der Waals surface area (Å²) in [6, 6.07) is 0. The number of hydrogen-bond acceptors (Lipinski definition) is 1. The molecule has 88 valence electrons. The molecule has 0 aromatic carbocycles. The fraction of sp³-hybridized carbons (Fsp3) is 0.250. The van der Waals surface area contributed by atoms with Crippen LogP contribution in [-0.4, -0.2) is 0 Å². The first kappa shape index (κ1) is 12.1. The monoisotopic (exact) mass is 242 g/mol.